The monoisotopic (exact) mass is 340 g/mol. The van der Waals surface area contributed by atoms with E-state index >= 15 is 0 Å². The van der Waals surface area contributed by atoms with E-state index in [-0.39, 0.29) is 12.5 Å². The topological polar surface area (TPSA) is 81.9 Å². The first-order valence-corrected chi connectivity index (χ1v) is 8.09. The Kier molecular flexibility index (Phi) is 4.88. The van der Waals surface area contributed by atoms with Gasteiger partial charge in [-0.15, -0.1) is 0 Å². The average molecular weight is 340 g/mol. The molecule has 0 aliphatic carbocycles. The van der Waals surface area contributed by atoms with Gasteiger partial charge in [-0.2, -0.15) is 0 Å². The summed E-state index contributed by atoms with van der Waals surface area (Å²) in [5, 5.41) is 0. The number of carbonyl (C=O) groups excluding carboxylic acids is 2. The Morgan fingerprint density at radius 2 is 1.96 bits per heavy atom. The van der Waals surface area contributed by atoms with Crippen molar-refractivity contribution in [2.45, 2.75) is 12.8 Å². The predicted octanol–water partition coefficient (Wildman–Crippen LogP) is 2.15. The van der Waals surface area contributed by atoms with Crippen molar-refractivity contribution in [2.24, 2.45) is 5.73 Å². The van der Waals surface area contributed by atoms with E-state index in [1.54, 1.807) is 23.1 Å². The minimum Gasteiger partial charge on any atom is -0.493 e. The number of methoxy groups -OCH3 is 1. The zero-order valence-corrected chi connectivity index (χ0v) is 14.0. The molecule has 0 radical (unpaired) electrons. The molecule has 2 aromatic carbocycles. The van der Waals surface area contributed by atoms with Crippen LogP contribution in [0, 0.1) is 0 Å². The molecule has 0 bridgehead atoms. The van der Waals surface area contributed by atoms with E-state index in [0.717, 1.165) is 18.5 Å². The smallest absolute Gasteiger partial charge is 0.258 e. The summed E-state index contributed by atoms with van der Waals surface area (Å²) in [7, 11) is 1.48. The van der Waals surface area contributed by atoms with E-state index in [9.17, 15) is 9.59 Å². The van der Waals surface area contributed by atoms with Crippen molar-refractivity contribution in [3.05, 3.63) is 53.6 Å². The van der Waals surface area contributed by atoms with Gasteiger partial charge in [-0.3, -0.25) is 9.59 Å². The van der Waals surface area contributed by atoms with Crippen LogP contribution in [0.4, 0.5) is 5.69 Å². The maximum atomic E-state index is 13.0. The van der Waals surface area contributed by atoms with Gasteiger partial charge < -0.3 is 20.1 Å². The Labute approximate surface area is 146 Å². The highest BCUT2D eigenvalue weighted by molar-refractivity contribution is 6.07. The molecule has 0 saturated carbocycles. The van der Waals surface area contributed by atoms with E-state index in [2.05, 4.69) is 6.07 Å². The van der Waals surface area contributed by atoms with Gasteiger partial charge >= 0.3 is 0 Å². The first-order chi connectivity index (χ1) is 12.1. The molecule has 0 unspecified atom stereocenters. The van der Waals surface area contributed by atoms with E-state index in [1.807, 2.05) is 18.2 Å². The van der Waals surface area contributed by atoms with Crippen LogP contribution in [0.25, 0.3) is 0 Å². The summed E-state index contributed by atoms with van der Waals surface area (Å²) in [6.45, 7) is 0.432. The molecule has 0 spiro atoms. The van der Waals surface area contributed by atoms with Crippen LogP contribution in [0.2, 0.25) is 0 Å². The summed E-state index contributed by atoms with van der Waals surface area (Å²) >= 11 is 0. The lowest BCUT2D eigenvalue weighted by Crippen LogP contribution is -2.35. The van der Waals surface area contributed by atoms with Gasteiger partial charge in [0.25, 0.3) is 11.8 Å². The number of carbonyl (C=O) groups is 2. The molecule has 6 heteroatoms. The molecule has 1 heterocycles. The normalized spacial score (nSPS) is 13.1. The Bertz CT molecular complexity index is 804. The predicted molar refractivity (Wildman–Crippen MR) is 94.1 cm³/mol. The zero-order chi connectivity index (χ0) is 17.8. The fourth-order valence-electron chi connectivity index (χ4n) is 2.97. The van der Waals surface area contributed by atoms with Gasteiger partial charge in [-0.25, -0.2) is 0 Å². The lowest BCUT2D eigenvalue weighted by atomic mass is 10.0. The van der Waals surface area contributed by atoms with Crippen molar-refractivity contribution in [3.63, 3.8) is 0 Å². The lowest BCUT2D eigenvalue weighted by Gasteiger charge is -2.29. The van der Waals surface area contributed by atoms with Crippen LogP contribution < -0.4 is 20.1 Å². The highest BCUT2D eigenvalue weighted by atomic mass is 16.5. The first kappa shape index (κ1) is 16.8. The van der Waals surface area contributed by atoms with Crippen molar-refractivity contribution in [3.8, 4) is 11.5 Å². The van der Waals surface area contributed by atoms with Crippen LogP contribution in [0.15, 0.2) is 42.5 Å². The fourth-order valence-corrected chi connectivity index (χ4v) is 2.97. The van der Waals surface area contributed by atoms with Crippen molar-refractivity contribution >= 4 is 17.5 Å². The summed E-state index contributed by atoms with van der Waals surface area (Å²) in [6.07, 6.45) is 1.91. The van der Waals surface area contributed by atoms with E-state index < -0.39 is 5.91 Å². The number of amides is 2. The van der Waals surface area contributed by atoms with Crippen LogP contribution in [0.5, 0.6) is 11.5 Å². The number of aryl methyl sites for hydroxylation is 1. The molecule has 6 nitrogen and oxygen atoms in total. The second-order valence-electron chi connectivity index (χ2n) is 5.81. The SMILES string of the molecule is COc1cc(C(=O)N2CCCc3ccccc32)ccc1OCC(N)=O. The summed E-state index contributed by atoms with van der Waals surface area (Å²) in [5.74, 6) is 0.0910. The number of para-hydroxylation sites is 1. The molecule has 25 heavy (non-hydrogen) atoms. The fraction of sp³-hybridized carbons (Fsp3) is 0.263. The van der Waals surface area contributed by atoms with Gasteiger partial charge in [0.1, 0.15) is 0 Å². The third kappa shape index (κ3) is 3.57. The summed E-state index contributed by atoms with van der Waals surface area (Å²) in [6, 6.07) is 12.8. The zero-order valence-electron chi connectivity index (χ0n) is 14.0. The number of fused-ring (bicyclic) bond motifs is 1. The number of rotatable bonds is 5. The Morgan fingerprint density at radius 1 is 1.16 bits per heavy atom. The highest BCUT2D eigenvalue weighted by Gasteiger charge is 2.24. The van der Waals surface area contributed by atoms with Crippen molar-refractivity contribution in [1.29, 1.82) is 0 Å². The third-order valence-corrected chi connectivity index (χ3v) is 4.14. The molecular weight excluding hydrogens is 320 g/mol. The third-order valence-electron chi connectivity index (χ3n) is 4.14. The number of nitrogens with two attached hydrogens (primary N) is 1. The maximum Gasteiger partial charge on any atom is 0.258 e. The summed E-state index contributed by atoms with van der Waals surface area (Å²) in [4.78, 5) is 25.6. The molecule has 0 saturated heterocycles. The Morgan fingerprint density at radius 3 is 2.72 bits per heavy atom. The number of ether oxygens (including phenoxy) is 2. The Hall–Kier alpha value is -3.02. The van der Waals surface area contributed by atoms with E-state index in [4.69, 9.17) is 15.2 Å². The second-order valence-corrected chi connectivity index (χ2v) is 5.81. The second kappa shape index (κ2) is 7.25. The molecular formula is C19H20N2O4. The number of nitrogens with zero attached hydrogens (tertiary/aromatic N) is 1. The van der Waals surface area contributed by atoms with Gasteiger partial charge in [0.05, 0.1) is 7.11 Å². The van der Waals surface area contributed by atoms with Gasteiger partial charge in [0.15, 0.2) is 18.1 Å². The van der Waals surface area contributed by atoms with Crippen molar-refractivity contribution in [1.82, 2.24) is 0 Å². The van der Waals surface area contributed by atoms with Gasteiger partial charge in [0, 0.05) is 17.8 Å². The van der Waals surface area contributed by atoms with Gasteiger partial charge in [-0.1, -0.05) is 18.2 Å². The van der Waals surface area contributed by atoms with E-state index in [1.165, 1.54) is 12.7 Å². The minimum absolute atomic E-state index is 0.0908. The molecule has 0 aromatic heterocycles. The molecule has 1 aliphatic heterocycles. The maximum absolute atomic E-state index is 13.0. The molecule has 0 atom stereocenters. The number of hydrogen-bond donors (Lipinski definition) is 1. The first-order valence-electron chi connectivity index (χ1n) is 8.09. The van der Waals surface area contributed by atoms with Crippen LogP contribution in [0.1, 0.15) is 22.3 Å². The summed E-state index contributed by atoms with van der Waals surface area (Å²) < 4.78 is 10.6. The number of anilines is 1. The molecule has 2 aromatic rings. The largest absolute Gasteiger partial charge is 0.493 e. The van der Waals surface area contributed by atoms with Gasteiger partial charge in [0.2, 0.25) is 0 Å². The van der Waals surface area contributed by atoms with Crippen LogP contribution in [-0.4, -0.2) is 32.1 Å². The molecule has 0 fully saturated rings. The minimum atomic E-state index is -0.577. The Balaban J connectivity index is 1.87. The number of hydrogen-bond acceptors (Lipinski definition) is 4. The quantitative estimate of drug-likeness (QED) is 0.904. The molecule has 2 N–H and O–H groups in total. The van der Waals surface area contributed by atoms with Crippen LogP contribution in [-0.2, 0) is 11.2 Å². The van der Waals surface area contributed by atoms with Crippen molar-refractivity contribution in [2.75, 3.05) is 25.2 Å². The molecule has 2 amide bonds. The van der Waals surface area contributed by atoms with Crippen LogP contribution >= 0.6 is 0 Å². The average Bonchev–Trinajstić information content (AvgIpc) is 2.65. The van der Waals surface area contributed by atoms with Crippen LogP contribution in [0.3, 0.4) is 0 Å². The summed E-state index contributed by atoms with van der Waals surface area (Å²) in [5.41, 5.74) is 7.71. The lowest BCUT2D eigenvalue weighted by molar-refractivity contribution is -0.119. The number of benzene rings is 2. The molecule has 130 valence electrons. The number of primary amides is 1. The standard InChI is InChI=1S/C19H20N2O4/c1-24-17-11-14(8-9-16(17)25-12-18(20)22)19(23)21-10-4-6-13-5-2-3-7-15(13)21/h2-3,5,7-9,11H,4,6,10,12H2,1H3,(H2,20,22). The highest BCUT2D eigenvalue weighted by Crippen LogP contribution is 2.31. The molecule has 1 aliphatic rings. The van der Waals surface area contributed by atoms with Crippen molar-refractivity contribution < 1.29 is 19.1 Å². The van der Waals surface area contributed by atoms with Gasteiger partial charge in [-0.05, 0) is 42.7 Å². The molecule has 3 rings (SSSR count). The van der Waals surface area contributed by atoms with E-state index in [0.29, 0.717) is 23.6 Å².